The second kappa shape index (κ2) is 6.71. The van der Waals surface area contributed by atoms with Gasteiger partial charge in [0.15, 0.2) is 5.76 Å². The van der Waals surface area contributed by atoms with Crippen LogP contribution in [0.4, 0.5) is 0 Å². The van der Waals surface area contributed by atoms with Crippen molar-refractivity contribution in [3.63, 3.8) is 0 Å². The van der Waals surface area contributed by atoms with E-state index >= 15 is 0 Å². The van der Waals surface area contributed by atoms with E-state index in [1.54, 1.807) is 0 Å². The van der Waals surface area contributed by atoms with E-state index in [-0.39, 0.29) is 23.7 Å². The van der Waals surface area contributed by atoms with Crippen LogP contribution in [0.2, 0.25) is 0 Å². The molecule has 1 amide bonds. The zero-order valence-electron chi connectivity index (χ0n) is 13.1. The summed E-state index contributed by atoms with van der Waals surface area (Å²) in [6.45, 7) is 7.01. The van der Waals surface area contributed by atoms with Gasteiger partial charge in [-0.15, -0.1) is 12.4 Å². The molecule has 1 aromatic heterocycles. The number of nitrogens with one attached hydrogen (secondary N) is 2. The van der Waals surface area contributed by atoms with Crippen LogP contribution in [0.1, 0.15) is 35.9 Å². The summed E-state index contributed by atoms with van der Waals surface area (Å²) >= 11 is 0. The Bertz CT molecular complexity index is 660. The van der Waals surface area contributed by atoms with Crippen molar-refractivity contribution < 1.29 is 9.21 Å². The van der Waals surface area contributed by atoms with Crippen molar-refractivity contribution in [2.75, 3.05) is 19.6 Å². The lowest BCUT2D eigenvalue weighted by atomic mass is 9.81. The first-order valence-electron chi connectivity index (χ1n) is 7.55. The highest BCUT2D eigenvalue weighted by Crippen LogP contribution is 2.27. The first-order valence-corrected chi connectivity index (χ1v) is 7.55. The van der Waals surface area contributed by atoms with E-state index in [1.807, 2.05) is 31.2 Å². The highest BCUT2D eigenvalue weighted by Gasteiger charge is 2.27. The Hall–Kier alpha value is -1.52. The van der Waals surface area contributed by atoms with Crippen LogP contribution in [0.25, 0.3) is 11.0 Å². The van der Waals surface area contributed by atoms with Crippen molar-refractivity contribution in [2.24, 2.45) is 5.41 Å². The summed E-state index contributed by atoms with van der Waals surface area (Å²) in [6.07, 6.45) is 2.18. The normalized spacial score (nSPS) is 17.0. The van der Waals surface area contributed by atoms with E-state index in [0.29, 0.717) is 12.3 Å². The summed E-state index contributed by atoms with van der Waals surface area (Å²) in [5, 5.41) is 7.36. The Balaban J connectivity index is 0.00000176. The number of aryl methyl sites for hydroxylation is 1. The summed E-state index contributed by atoms with van der Waals surface area (Å²) in [4.78, 5) is 12.3. The van der Waals surface area contributed by atoms with Crippen LogP contribution < -0.4 is 10.6 Å². The lowest BCUT2D eigenvalue weighted by Crippen LogP contribution is -2.42. The molecule has 120 valence electrons. The van der Waals surface area contributed by atoms with Crippen LogP contribution in [0.3, 0.4) is 0 Å². The molecule has 0 atom stereocenters. The molecule has 0 bridgehead atoms. The summed E-state index contributed by atoms with van der Waals surface area (Å²) in [6, 6.07) is 7.76. The molecule has 2 N–H and O–H groups in total. The molecule has 0 radical (unpaired) electrons. The minimum Gasteiger partial charge on any atom is -0.451 e. The highest BCUT2D eigenvalue weighted by atomic mass is 35.5. The number of hydrogen-bond donors (Lipinski definition) is 2. The number of halogens is 1. The summed E-state index contributed by atoms with van der Waals surface area (Å²) < 4.78 is 5.63. The number of amides is 1. The molecule has 1 saturated heterocycles. The Morgan fingerprint density at radius 2 is 2.05 bits per heavy atom. The largest absolute Gasteiger partial charge is 0.451 e. The van der Waals surface area contributed by atoms with Gasteiger partial charge in [0.05, 0.1) is 0 Å². The van der Waals surface area contributed by atoms with Crippen molar-refractivity contribution in [3.8, 4) is 0 Å². The van der Waals surface area contributed by atoms with Crippen LogP contribution in [0.15, 0.2) is 28.7 Å². The summed E-state index contributed by atoms with van der Waals surface area (Å²) in [7, 11) is 0. The fourth-order valence-electron chi connectivity index (χ4n) is 2.86. The number of carbonyl (C=O) groups excluding carboxylic acids is 1. The summed E-state index contributed by atoms with van der Waals surface area (Å²) in [5.41, 5.74) is 2.11. The average Bonchev–Trinajstić information content (AvgIpc) is 2.88. The van der Waals surface area contributed by atoms with Gasteiger partial charge in [0, 0.05) is 11.9 Å². The third-order valence-electron chi connectivity index (χ3n) is 4.38. The number of benzene rings is 1. The predicted molar refractivity (Wildman–Crippen MR) is 90.7 cm³/mol. The van der Waals surface area contributed by atoms with Gasteiger partial charge in [-0.1, -0.05) is 18.6 Å². The molecular weight excluding hydrogens is 300 g/mol. The molecule has 1 aliphatic heterocycles. The van der Waals surface area contributed by atoms with Gasteiger partial charge < -0.3 is 15.1 Å². The van der Waals surface area contributed by atoms with Crippen molar-refractivity contribution in [1.82, 2.24) is 10.6 Å². The molecule has 0 unspecified atom stereocenters. The Morgan fingerprint density at radius 1 is 1.32 bits per heavy atom. The van der Waals surface area contributed by atoms with E-state index in [1.165, 1.54) is 0 Å². The Morgan fingerprint density at radius 3 is 2.77 bits per heavy atom. The van der Waals surface area contributed by atoms with Gasteiger partial charge in [-0.3, -0.25) is 4.79 Å². The standard InChI is InChI=1S/C17H22N2O2.ClH/c1-12-3-4-14-13(9-12)10-15(21-14)16(20)19-11-17(2)5-7-18-8-6-17;/h3-4,9-10,18H,5-8,11H2,1-2H3,(H,19,20);1H. The molecular formula is C17H23ClN2O2. The maximum absolute atomic E-state index is 12.3. The van der Waals surface area contributed by atoms with Crippen LogP contribution in [-0.4, -0.2) is 25.5 Å². The van der Waals surface area contributed by atoms with Gasteiger partial charge >= 0.3 is 0 Å². The predicted octanol–water partition coefficient (Wildman–Crippen LogP) is 3.28. The number of carbonyl (C=O) groups is 1. The van der Waals surface area contributed by atoms with Crippen LogP contribution >= 0.6 is 12.4 Å². The molecule has 0 spiro atoms. The molecule has 0 saturated carbocycles. The molecule has 1 fully saturated rings. The van der Waals surface area contributed by atoms with Gasteiger partial charge in [0.25, 0.3) is 5.91 Å². The molecule has 22 heavy (non-hydrogen) atoms. The molecule has 0 aliphatic carbocycles. The first-order chi connectivity index (χ1) is 10.1. The number of furan rings is 1. The zero-order valence-corrected chi connectivity index (χ0v) is 13.9. The maximum atomic E-state index is 12.3. The van der Waals surface area contributed by atoms with E-state index in [4.69, 9.17) is 4.42 Å². The molecule has 2 aromatic rings. The van der Waals surface area contributed by atoms with Gasteiger partial charge in [-0.25, -0.2) is 0 Å². The van der Waals surface area contributed by atoms with Crippen molar-refractivity contribution in [3.05, 3.63) is 35.6 Å². The number of fused-ring (bicyclic) bond motifs is 1. The van der Waals surface area contributed by atoms with Gasteiger partial charge in [0.2, 0.25) is 0 Å². The number of hydrogen-bond acceptors (Lipinski definition) is 3. The third kappa shape index (κ3) is 3.62. The van der Waals surface area contributed by atoms with Crippen LogP contribution in [0, 0.1) is 12.3 Å². The van der Waals surface area contributed by atoms with Crippen molar-refractivity contribution in [2.45, 2.75) is 26.7 Å². The topological polar surface area (TPSA) is 54.3 Å². The first kappa shape index (κ1) is 16.8. The lowest BCUT2D eigenvalue weighted by Gasteiger charge is -2.33. The molecule has 1 aromatic carbocycles. The molecule has 4 nitrogen and oxygen atoms in total. The number of rotatable bonds is 3. The molecule has 3 rings (SSSR count). The van der Waals surface area contributed by atoms with Gasteiger partial charge in [-0.2, -0.15) is 0 Å². The van der Waals surface area contributed by atoms with Crippen LogP contribution in [-0.2, 0) is 0 Å². The minimum absolute atomic E-state index is 0. The quantitative estimate of drug-likeness (QED) is 0.911. The molecule has 5 heteroatoms. The van der Waals surface area contributed by atoms with Gasteiger partial charge in [0.1, 0.15) is 5.58 Å². The van der Waals surface area contributed by atoms with Crippen LogP contribution in [0.5, 0.6) is 0 Å². The second-order valence-electron chi connectivity index (χ2n) is 6.40. The lowest BCUT2D eigenvalue weighted by molar-refractivity contribution is 0.0896. The van der Waals surface area contributed by atoms with E-state index in [0.717, 1.165) is 42.5 Å². The van der Waals surface area contributed by atoms with E-state index < -0.39 is 0 Å². The zero-order chi connectivity index (χ0) is 14.9. The highest BCUT2D eigenvalue weighted by molar-refractivity contribution is 5.96. The van der Waals surface area contributed by atoms with E-state index in [9.17, 15) is 4.79 Å². The second-order valence-corrected chi connectivity index (χ2v) is 6.40. The third-order valence-corrected chi connectivity index (χ3v) is 4.38. The smallest absolute Gasteiger partial charge is 0.287 e. The van der Waals surface area contributed by atoms with Gasteiger partial charge in [-0.05, 0) is 56.5 Å². The van der Waals surface area contributed by atoms with E-state index in [2.05, 4.69) is 17.6 Å². The fourth-order valence-corrected chi connectivity index (χ4v) is 2.86. The Kier molecular flexibility index (Phi) is 5.14. The monoisotopic (exact) mass is 322 g/mol. The average molecular weight is 323 g/mol. The minimum atomic E-state index is -0.122. The summed E-state index contributed by atoms with van der Waals surface area (Å²) in [5.74, 6) is 0.275. The number of piperidine rings is 1. The fraction of sp³-hybridized carbons (Fsp3) is 0.471. The Labute approximate surface area is 137 Å². The van der Waals surface area contributed by atoms with Crippen molar-refractivity contribution >= 4 is 29.3 Å². The molecule has 2 heterocycles. The molecule has 1 aliphatic rings. The maximum Gasteiger partial charge on any atom is 0.287 e. The van der Waals surface area contributed by atoms with Crippen molar-refractivity contribution in [1.29, 1.82) is 0 Å². The SMILES string of the molecule is Cc1ccc2oc(C(=O)NCC3(C)CCNCC3)cc2c1.Cl.